The molecule has 0 heterocycles. The molecule has 0 fully saturated rings. The normalized spacial score (nSPS) is 13.3. The Morgan fingerprint density at radius 3 is 1.65 bits per heavy atom. The van der Waals surface area contributed by atoms with Gasteiger partial charge in [-0.3, -0.25) is 0 Å². The molecule has 2 heteroatoms. The number of fused-ring (bicyclic) bond motifs is 13. The zero-order chi connectivity index (χ0) is 40.2. The summed E-state index contributed by atoms with van der Waals surface area (Å²) in [5.74, 6) is 0. The van der Waals surface area contributed by atoms with Crippen LogP contribution in [-0.2, 0) is 5.41 Å². The van der Waals surface area contributed by atoms with Crippen LogP contribution in [0.1, 0.15) is 29.2 Å². The van der Waals surface area contributed by atoms with Crippen molar-refractivity contribution < 1.29 is 0 Å². The van der Waals surface area contributed by atoms with Gasteiger partial charge in [0.2, 0.25) is 0 Å². The van der Waals surface area contributed by atoms with Gasteiger partial charge in [-0.05, 0) is 146 Å². The van der Waals surface area contributed by atoms with Crippen molar-refractivity contribution in [1.82, 2.24) is 0 Å². The van der Waals surface area contributed by atoms with Crippen LogP contribution in [0.25, 0.3) is 43.8 Å². The molecule has 0 aromatic heterocycles. The van der Waals surface area contributed by atoms with Crippen molar-refractivity contribution >= 4 is 50.0 Å². The molecule has 0 radical (unpaired) electrons. The molecular weight excluding hydrogens is 725 g/mol. The fourth-order valence-electron chi connectivity index (χ4n) is 10.1. The SMILES string of the molecule is C=C/C=C(\C=C/C)N(c1ccccc1)c1ccc2cc3c(cc2c1)C1(c2ccccc2-c2ccccc21)c1cc(N(c2ccccc2)c2ccccc2)c2ccccc2c1-3. The lowest BCUT2D eigenvalue weighted by molar-refractivity contribution is 0.795. The van der Waals surface area contributed by atoms with Gasteiger partial charge in [0.25, 0.3) is 0 Å². The second kappa shape index (κ2) is 14.3. The second-order valence-electron chi connectivity index (χ2n) is 15.6. The Bertz CT molecular complexity index is 3090. The zero-order valence-corrected chi connectivity index (χ0v) is 33.5. The first-order valence-electron chi connectivity index (χ1n) is 20.8. The summed E-state index contributed by atoms with van der Waals surface area (Å²) in [7, 11) is 0. The number of nitrogens with zero attached hydrogens (tertiary/aromatic N) is 2. The van der Waals surface area contributed by atoms with E-state index >= 15 is 0 Å². The topological polar surface area (TPSA) is 6.48 Å². The van der Waals surface area contributed by atoms with Crippen molar-refractivity contribution in [2.75, 3.05) is 9.80 Å². The Morgan fingerprint density at radius 1 is 0.467 bits per heavy atom. The smallest absolute Gasteiger partial charge is 0.0726 e. The fraction of sp³-hybridized carbons (Fsp3) is 0.0345. The lowest BCUT2D eigenvalue weighted by atomic mass is 9.70. The molecule has 2 aliphatic carbocycles. The van der Waals surface area contributed by atoms with Gasteiger partial charge < -0.3 is 9.80 Å². The maximum Gasteiger partial charge on any atom is 0.0726 e. The molecule has 0 bridgehead atoms. The molecule has 284 valence electrons. The third-order valence-electron chi connectivity index (χ3n) is 12.4. The Hall–Kier alpha value is -7.68. The highest BCUT2D eigenvalue weighted by molar-refractivity contribution is 6.13. The highest BCUT2D eigenvalue weighted by Gasteiger charge is 2.52. The number of rotatable bonds is 8. The number of hydrogen-bond acceptors (Lipinski definition) is 2. The standard InChI is InChI=1S/C58H42N2/c1-3-20-42(21-4-2)59(43-22-8-5-9-23-43)46-35-34-40-37-51-54(38-41(40)36-46)58(52-32-18-16-28-47(52)48-29-17-19-33-53(48)58)55-39-56(49-30-14-15-31-50(49)57(51)55)60(44-24-10-6-11-25-44)45-26-12-7-13-27-45/h3-39H,1H2,2H3/b21-4-,42-20+. The largest absolute Gasteiger partial charge is 0.310 e. The van der Waals surface area contributed by atoms with Crippen LogP contribution < -0.4 is 9.80 Å². The quantitative estimate of drug-likeness (QED) is 0.142. The summed E-state index contributed by atoms with van der Waals surface area (Å²) in [6, 6.07) is 73.8. The number of hydrogen-bond donors (Lipinski definition) is 0. The molecule has 0 saturated heterocycles. The molecular formula is C58H42N2. The molecule has 9 aromatic carbocycles. The molecule has 9 aromatic rings. The van der Waals surface area contributed by atoms with E-state index in [0.29, 0.717) is 0 Å². The van der Waals surface area contributed by atoms with E-state index in [1.807, 2.05) is 6.08 Å². The van der Waals surface area contributed by atoms with Crippen molar-refractivity contribution in [1.29, 1.82) is 0 Å². The number of benzene rings is 9. The minimum Gasteiger partial charge on any atom is -0.310 e. The minimum absolute atomic E-state index is 0.558. The second-order valence-corrected chi connectivity index (χ2v) is 15.6. The van der Waals surface area contributed by atoms with Crippen LogP contribution >= 0.6 is 0 Å². The average molecular weight is 767 g/mol. The van der Waals surface area contributed by atoms with Crippen molar-refractivity contribution in [2.45, 2.75) is 12.3 Å². The summed E-state index contributed by atoms with van der Waals surface area (Å²) in [5, 5.41) is 4.86. The molecule has 0 N–H and O–H groups in total. The van der Waals surface area contributed by atoms with Crippen molar-refractivity contribution in [3.8, 4) is 22.3 Å². The van der Waals surface area contributed by atoms with Crippen molar-refractivity contribution in [3.63, 3.8) is 0 Å². The predicted molar refractivity (Wildman–Crippen MR) is 254 cm³/mol. The third-order valence-corrected chi connectivity index (χ3v) is 12.4. The summed E-state index contributed by atoms with van der Waals surface area (Å²) in [4.78, 5) is 4.76. The average Bonchev–Trinajstić information content (AvgIpc) is 3.76. The molecule has 0 aliphatic heterocycles. The molecule has 1 spiro atoms. The van der Waals surface area contributed by atoms with Gasteiger partial charge in [0.1, 0.15) is 0 Å². The Morgan fingerprint density at radius 2 is 1.03 bits per heavy atom. The number of allylic oxidation sites excluding steroid dienone is 4. The Labute approximate surface area is 351 Å². The Kier molecular flexibility index (Phi) is 8.46. The zero-order valence-electron chi connectivity index (χ0n) is 33.5. The predicted octanol–water partition coefficient (Wildman–Crippen LogP) is 15.6. The van der Waals surface area contributed by atoms with Gasteiger partial charge in [-0.1, -0.05) is 152 Å². The van der Waals surface area contributed by atoms with Crippen LogP contribution in [0.15, 0.2) is 237 Å². The summed E-state index contributed by atoms with van der Waals surface area (Å²) >= 11 is 0. The summed E-state index contributed by atoms with van der Waals surface area (Å²) in [6.45, 7) is 6.13. The van der Waals surface area contributed by atoms with Gasteiger partial charge in [0.05, 0.1) is 11.1 Å². The molecule has 2 aliphatic rings. The van der Waals surface area contributed by atoms with Crippen molar-refractivity contribution in [2.24, 2.45) is 0 Å². The monoisotopic (exact) mass is 766 g/mol. The molecule has 60 heavy (non-hydrogen) atoms. The lowest BCUT2D eigenvalue weighted by Crippen LogP contribution is -2.26. The highest BCUT2D eigenvalue weighted by atomic mass is 15.1. The van der Waals surface area contributed by atoms with Gasteiger partial charge in [0, 0.05) is 33.8 Å². The van der Waals surface area contributed by atoms with Crippen LogP contribution in [0, 0.1) is 0 Å². The van der Waals surface area contributed by atoms with E-state index in [9.17, 15) is 0 Å². The fourth-order valence-corrected chi connectivity index (χ4v) is 10.1. The first-order chi connectivity index (χ1) is 29.7. The van der Waals surface area contributed by atoms with Gasteiger partial charge in [-0.25, -0.2) is 0 Å². The van der Waals surface area contributed by atoms with Gasteiger partial charge in [-0.2, -0.15) is 0 Å². The Balaban J connectivity index is 1.25. The summed E-state index contributed by atoms with van der Waals surface area (Å²) in [6.07, 6.45) is 8.18. The molecule has 0 saturated carbocycles. The minimum atomic E-state index is -0.558. The van der Waals surface area contributed by atoms with Crippen LogP contribution in [-0.4, -0.2) is 0 Å². The van der Waals surface area contributed by atoms with Crippen LogP contribution in [0.5, 0.6) is 0 Å². The van der Waals surface area contributed by atoms with Crippen LogP contribution in [0.4, 0.5) is 28.4 Å². The van der Waals surface area contributed by atoms with Gasteiger partial charge in [-0.15, -0.1) is 0 Å². The van der Waals surface area contributed by atoms with Gasteiger partial charge in [0.15, 0.2) is 0 Å². The number of para-hydroxylation sites is 3. The molecule has 11 rings (SSSR count). The maximum atomic E-state index is 4.07. The molecule has 0 atom stereocenters. The summed E-state index contributed by atoms with van der Waals surface area (Å²) in [5.41, 5.74) is 16.5. The van der Waals surface area contributed by atoms with E-state index in [1.54, 1.807) is 0 Å². The van der Waals surface area contributed by atoms with Crippen LogP contribution in [0.3, 0.4) is 0 Å². The first-order valence-corrected chi connectivity index (χ1v) is 20.8. The molecule has 0 unspecified atom stereocenters. The highest BCUT2D eigenvalue weighted by Crippen LogP contribution is 2.65. The van der Waals surface area contributed by atoms with E-state index < -0.39 is 5.41 Å². The van der Waals surface area contributed by atoms with E-state index in [-0.39, 0.29) is 0 Å². The first kappa shape index (κ1) is 35.5. The maximum absolute atomic E-state index is 4.07. The van der Waals surface area contributed by atoms with Gasteiger partial charge >= 0.3 is 0 Å². The number of anilines is 5. The van der Waals surface area contributed by atoms with Crippen molar-refractivity contribution in [3.05, 3.63) is 259 Å². The van der Waals surface area contributed by atoms with E-state index in [2.05, 4.69) is 242 Å². The summed E-state index contributed by atoms with van der Waals surface area (Å²) < 4.78 is 0. The lowest BCUT2D eigenvalue weighted by Gasteiger charge is -2.33. The molecule has 0 amide bonds. The van der Waals surface area contributed by atoms with E-state index in [4.69, 9.17) is 0 Å². The van der Waals surface area contributed by atoms with E-state index in [1.165, 1.54) is 66.1 Å². The molecule has 2 nitrogen and oxygen atoms in total. The third kappa shape index (κ3) is 5.28. The van der Waals surface area contributed by atoms with E-state index in [0.717, 1.165) is 34.1 Å². The van der Waals surface area contributed by atoms with Crippen LogP contribution in [0.2, 0.25) is 0 Å².